The van der Waals surface area contributed by atoms with E-state index in [1.807, 2.05) is 0 Å². The molecule has 0 aliphatic heterocycles. The zero-order valence-corrected chi connectivity index (χ0v) is 6.83. The molecule has 0 bridgehead atoms. The zero-order chi connectivity index (χ0) is 9.26. The summed E-state index contributed by atoms with van der Waals surface area (Å²) in [5, 5.41) is 1.16. The first-order valence-corrected chi connectivity index (χ1v) is 3.95. The predicted molar refractivity (Wildman–Crippen MR) is 49.3 cm³/mol. The fourth-order valence-electron chi connectivity index (χ4n) is 1.42. The van der Waals surface area contributed by atoms with Gasteiger partial charge in [0.05, 0.1) is 0 Å². The summed E-state index contributed by atoms with van der Waals surface area (Å²) in [6.45, 7) is 0. The summed E-state index contributed by atoms with van der Waals surface area (Å²) in [5.41, 5.74) is 0.399. The zero-order valence-electron chi connectivity index (χ0n) is 6.83. The summed E-state index contributed by atoms with van der Waals surface area (Å²) in [7, 11) is 0. The average molecular weight is 174 g/mol. The lowest BCUT2D eigenvalue weighted by molar-refractivity contribution is 0.112. The average Bonchev–Trinajstić information content (AvgIpc) is 2.17. The van der Waals surface area contributed by atoms with E-state index < -0.39 is 0 Å². The molecule has 0 N–H and O–H groups in total. The maximum absolute atomic E-state index is 13.3. The SMILES string of the molecule is O=Cc1cccc2cccc(F)c12. The third kappa shape index (κ3) is 1.20. The monoisotopic (exact) mass is 174 g/mol. The van der Waals surface area contributed by atoms with Crippen LogP contribution in [0.3, 0.4) is 0 Å². The highest BCUT2D eigenvalue weighted by molar-refractivity contribution is 5.98. The Bertz CT molecular complexity index is 457. The number of halogens is 1. The van der Waals surface area contributed by atoms with Gasteiger partial charge in [-0.1, -0.05) is 30.3 Å². The first-order chi connectivity index (χ1) is 6.33. The molecule has 0 saturated carbocycles. The number of hydrogen-bond acceptors (Lipinski definition) is 1. The summed E-state index contributed by atoms with van der Waals surface area (Å²) in [6, 6.07) is 9.91. The van der Waals surface area contributed by atoms with Gasteiger partial charge in [0.1, 0.15) is 5.82 Å². The molecule has 2 aromatic rings. The molecule has 0 aliphatic rings. The molecule has 2 heteroatoms. The van der Waals surface area contributed by atoms with Crippen LogP contribution in [-0.4, -0.2) is 6.29 Å². The minimum absolute atomic E-state index is 0.347. The van der Waals surface area contributed by atoms with Crippen LogP contribution >= 0.6 is 0 Å². The van der Waals surface area contributed by atoms with Crippen LogP contribution in [0, 0.1) is 5.82 Å². The Kier molecular flexibility index (Phi) is 1.81. The second-order valence-electron chi connectivity index (χ2n) is 2.80. The third-order valence-electron chi connectivity index (χ3n) is 2.01. The topological polar surface area (TPSA) is 17.1 Å². The van der Waals surface area contributed by atoms with Gasteiger partial charge in [-0.05, 0) is 11.5 Å². The maximum Gasteiger partial charge on any atom is 0.150 e. The van der Waals surface area contributed by atoms with Crippen LogP contribution in [0.2, 0.25) is 0 Å². The van der Waals surface area contributed by atoms with Crippen molar-refractivity contribution in [3.63, 3.8) is 0 Å². The van der Waals surface area contributed by atoms with Crippen LogP contribution in [0.25, 0.3) is 10.8 Å². The normalized spacial score (nSPS) is 10.2. The van der Waals surface area contributed by atoms with E-state index in [2.05, 4.69) is 0 Å². The highest BCUT2D eigenvalue weighted by atomic mass is 19.1. The summed E-state index contributed by atoms with van der Waals surface area (Å²) in [4.78, 5) is 10.6. The Morgan fingerprint density at radius 3 is 2.46 bits per heavy atom. The lowest BCUT2D eigenvalue weighted by atomic mass is 10.1. The number of carbonyl (C=O) groups is 1. The minimum Gasteiger partial charge on any atom is -0.298 e. The van der Waals surface area contributed by atoms with Crippen molar-refractivity contribution in [2.24, 2.45) is 0 Å². The van der Waals surface area contributed by atoms with Gasteiger partial charge < -0.3 is 0 Å². The van der Waals surface area contributed by atoms with Crippen molar-refractivity contribution < 1.29 is 9.18 Å². The number of benzene rings is 2. The number of carbonyl (C=O) groups excluding carboxylic acids is 1. The Morgan fingerprint density at radius 1 is 1.08 bits per heavy atom. The molecule has 0 heterocycles. The summed E-state index contributed by atoms with van der Waals surface area (Å²) in [5.74, 6) is -0.347. The van der Waals surface area contributed by atoms with E-state index in [4.69, 9.17) is 0 Å². The molecule has 0 aliphatic carbocycles. The summed E-state index contributed by atoms with van der Waals surface area (Å²) >= 11 is 0. The Balaban J connectivity index is 2.94. The van der Waals surface area contributed by atoms with Gasteiger partial charge in [0.2, 0.25) is 0 Å². The lowest BCUT2D eigenvalue weighted by Gasteiger charge is -2.00. The number of hydrogen-bond donors (Lipinski definition) is 0. The van der Waals surface area contributed by atoms with Crippen LogP contribution in [0.5, 0.6) is 0 Å². The van der Waals surface area contributed by atoms with E-state index in [-0.39, 0.29) is 5.82 Å². The molecule has 2 rings (SSSR count). The van der Waals surface area contributed by atoms with Gasteiger partial charge in [0, 0.05) is 10.9 Å². The van der Waals surface area contributed by atoms with E-state index in [1.165, 1.54) is 6.07 Å². The molecule has 0 unspecified atom stereocenters. The Labute approximate surface area is 74.8 Å². The number of fused-ring (bicyclic) bond motifs is 1. The van der Waals surface area contributed by atoms with Crippen molar-refractivity contribution in [1.29, 1.82) is 0 Å². The van der Waals surface area contributed by atoms with Crippen molar-refractivity contribution in [2.75, 3.05) is 0 Å². The van der Waals surface area contributed by atoms with E-state index in [1.54, 1.807) is 30.3 Å². The van der Waals surface area contributed by atoms with Gasteiger partial charge in [-0.2, -0.15) is 0 Å². The smallest absolute Gasteiger partial charge is 0.150 e. The second-order valence-corrected chi connectivity index (χ2v) is 2.80. The van der Waals surface area contributed by atoms with E-state index in [9.17, 15) is 9.18 Å². The molecule has 13 heavy (non-hydrogen) atoms. The van der Waals surface area contributed by atoms with E-state index in [0.29, 0.717) is 17.2 Å². The molecule has 2 aromatic carbocycles. The van der Waals surface area contributed by atoms with Gasteiger partial charge in [-0.25, -0.2) is 4.39 Å². The van der Waals surface area contributed by atoms with Crippen molar-refractivity contribution in [2.45, 2.75) is 0 Å². The van der Waals surface area contributed by atoms with Crippen molar-refractivity contribution in [1.82, 2.24) is 0 Å². The van der Waals surface area contributed by atoms with Gasteiger partial charge in [-0.15, -0.1) is 0 Å². The minimum atomic E-state index is -0.347. The fourth-order valence-corrected chi connectivity index (χ4v) is 1.42. The predicted octanol–water partition coefficient (Wildman–Crippen LogP) is 2.79. The van der Waals surface area contributed by atoms with E-state index >= 15 is 0 Å². The molecule has 0 atom stereocenters. The second kappa shape index (κ2) is 2.98. The number of aldehydes is 1. The van der Waals surface area contributed by atoms with Gasteiger partial charge in [0.25, 0.3) is 0 Å². The quantitative estimate of drug-likeness (QED) is 0.607. The summed E-state index contributed by atoms with van der Waals surface area (Å²) < 4.78 is 13.3. The third-order valence-corrected chi connectivity index (χ3v) is 2.01. The molecule has 0 fully saturated rings. The molecule has 0 aromatic heterocycles. The molecule has 64 valence electrons. The van der Waals surface area contributed by atoms with Gasteiger partial charge in [0.15, 0.2) is 6.29 Å². The van der Waals surface area contributed by atoms with Crippen molar-refractivity contribution >= 4 is 17.1 Å². The van der Waals surface area contributed by atoms with Gasteiger partial charge in [-0.3, -0.25) is 4.79 Å². The molecule has 0 radical (unpaired) electrons. The largest absolute Gasteiger partial charge is 0.298 e. The van der Waals surface area contributed by atoms with Crippen molar-refractivity contribution in [3.8, 4) is 0 Å². The van der Waals surface area contributed by atoms with Crippen molar-refractivity contribution in [3.05, 3.63) is 47.8 Å². The highest BCUT2D eigenvalue weighted by Gasteiger charge is 2.03. The van der Waals surface area contributed by atoms with Crippen LogP contribution < -0.4 is 0 Å². The first kappa shape index (κ1) is 7.92. The molecular formula is C11H7FO. The summed E-state index contributed by atoms with van der Waals surface area (Å²) in [6.07, 6.45) is 0.672. The molecule has 0 saturated heterocycles. The number of rotatable bonds is 1. The lowest BCUT2D eigenvalue weighted by Crippen LogP contribution is -1.86. The fraction of sp³-hybridized carbons (Fsp3) is 0. The molecular weight excluding hydrogens is 167 g/mol. The van der Waals surface area contributed by atoms with E-state index in [0.717, 1.165) is 5.39 Å². The molecule has 1 nitrogen and oxygen atoms in total. The van der Waals surface area contributed by atoms with Crippen LogP contribution in [0.4, 0.5) is 4.39 Å². The molecule has 0 amide bonds. The van der Waals surface area contributed by atoms with Gasteiger partial charge >= 0.3 is 0 Å². The standard InChI is InChI=1S/C11H7FO/c12-10-6-2-4-8-3-1-5-9(7-13)11(8)10/h1-7H. The Hall–Kier alpha value is -1.70. The Morgan fingerprint density at radius 2 is 1.77 bits per heavy atom. The van der Waals surface area contributed by atoms with Crippen LogP contribution in [0.15, 0.2) is 36.4 Å². The highest BCUT2D eigenvalue weighted by Crippen LogP contribution is 2.20. The van der Waals surface area contributed by atoms with Crippen LogP contribution in [0.1, 0.15) is 10.4 Å². The maximum atomic E-state index is 13.3. The molecule has 0 spiro atoms. The van der Waals surface area contributed by atoms with Crippen LogP contribution in [-0.2, 0) is 0 Å². The first-order valence-electron chi connectivity index (χ1n) is 3.95.